The van der Waals surface area contributed by atoms with Crippen molar-refractivity contribution in [3.05, 3.63) is 357 Å². The molecule has 0 heteroatoms. The van der Waals surface area contributed by atoms with Gasteiger partial charge >= 0.3 is 0 Å². The first-order valence-electron chi connectivity index (χ1n) is 32.3. The average molecular weight is 1180 g/mol. The second-order valence-corrected chi connectivity index (χ2v) is 24.5. The molecule has 0 bridgehead atoms. The van der Waals surface area contributed by atoms with Crippen LogP contribution in [0.4, 0.5) is 0 Å². The Labute approximate surface area is 541 Å². The summed E-state index contributed by atoms with van der Waals surface area (Å²) in [5.41, 5.74) is 23.8. The van der Waals surface area contributed by atoms with Gasteiger partial charge < -0.3 is 0 Å². The Morgan fingerprint density at radius 3 is 0.913 bits per heavy atom. The maximum atomic E-state index is 2.44. The summed E-state index contributed by atoms with van der Waals surface area (Å²) in [5.74, 6) is 0. The van der Waals surface area contributed by atoms with Gasteiger partial charge in [-0.3, -0.25) is 0 Å². The van der Waals surface area contributed by atoms with Gasteiger partial charge in [0.15, 0.2) is 0 Å². The smallest absolute Gasteiger partial charge is 0.00197 e. The van der Waals surface area contributed by atoms with Crippen molar-refractivity contribution in [1.29, 1.82) is 0 Å². The molecule has 0 spiro atoms. The predicted molar refractivity (Wildman–Crippen MR) is 404 cm³/mol. The van der Waals surface area contributed by atoms with Gasteiger partial charge in [-0.1, -0.05) is 351 Å². The molecule has 0 radical (unpaired) electrons. The summed E-state index contributed by atoms with van der Waals surface area (Å²) < 4.78 is 0. The zero-order chi connectivity index (χ0) is 62.5. The molecule has 0 saturated heterocycles. The Kier molecular flexibility index (Phi) is 16.6. The van der Waals surface area contributed by atoms with Crippen molar-refractivity contribution < 1.29 is 0 Å². The van der Waals surface area contributed by atoms with Crippen molar-refractivity contribution in [3.8, 4) is 33.4 Å². The lowest BCUT2D eigenvalue weighted by Crippen LogP contribution is -1.95. The third-order valence-corrected chi connectivity index (χ3v) is 18.2. The SMILES string of the molecule is CCc1cc(/C=C/c2ccc(C)cc2)c2ccccc2c1-c1ccc(/C=C/c2ccc(C)cc2)c2ccccc12.Cc1ccc(/C=C/c2ccc(-c3c(-c4c5ccccc5cc5ccccc45)cc(/C=C/c4ccc(C)cc4)c4ccccc34)c3ccccc23)cc1. The van der Waals surface area contributed by atoms with Crippen LogP contribution < -0.4 is 0 Å². The van der Waals surface area contributed by atoms with E-state index in [9.17, 15) is 0 Å². The number of hydrogen-bond acceptors (Lipinski definition) is 0. The number of fused-ring (bicyclic) bond motifs is 6. The Bertz CT molecular complexity index is 5300. The standard InChI is InChI=1S/C52H38.C40H34/c1-35-19-23-37(24-20-35)27-29-39-31-32-49(47-17-9-7-13-43(39)47)52-48-18-10-8-14-44(48)42(30-28-38-25-21-36(2)22-26-38)34-50(52)51-45-15-5-3-11-40(45)33-41-12-4-6-16-46(41)51;1-4-32-27-34(24-22-31-19-15-29(3)16-20-31)36-10-6-8-12-38(36)40(32)39-26-25-33(35-9-5-7-11-37(35)39)23-21-30-17-13-28(2)14-18-30/h3-34H,1-2H3;5-27H,4H2,1-3H3/b29-27+,30-28+;23-21+,24-22+. The second kappa shape index (κ2) is 26.1. The Morgan fingerprint density at radius 1 is 0.217 bits per heavy atom. The third-order valence-electron chi connectivity index (χ3n) is 18.2. The molecule has 0 atom stereocenters. The molecule has 0 aliphatic rings. The summed E-state index contributed by atoms with van der Waals surface area (Å²) in [5, 5.41) is 15.1. The monoisotopic (exact) mass is 1180 g/mol. The fourth-order valence-electron chi connectivity index (χ4n) is 13.4. The Morgan fingerprint density at radius 2 is 0.522 bits per heavy atom. The second-order valence-electron chi connectivity index (χ2n) is 24.5. The van der Waals surface area contributed by atoms with E-state index in [1.165, 1.54) is 170 Å². The highest BCUT2D eigenvalue weighted by molar-refractivity contribution is 6.21. The summed E-state index contributed by atoms with van der Waals surface area (Å²) in [7, 11) is 0. The third kappa shape index (κ3) is 12.1. The van der Waals surface area contributed by atoms with Crippen LogP contribution in [0, 0.1) is 27.7 Å². The van der Waals surface area contributed by atoms with Crippen molar-refractivity contribution in [2.45, 2.75) is 41.0 Å². The molecule has 0 unspecified atom stereocenters. The topological polar surface area (TPSA) is 0 Å². The highest BCUT2D eigenvalue weighted by Gasteiger charge is 2.22. The fourth-order valence-corrected chi connectivity index (χ4v) is 13.4. The molecular weight excluding hydrogens is 1110 g/mol. The Balaban J connectivity index is 0.000000166. The van der Waals surface area contributed by atoms with Crippen LogP contribution in [0.1, 0.15) is 79.2 Å². The van der Waals surface area contributed by atoms with Crippen LogP contribution in [0.25, 0.3) is 147 Å². The van der Waals surface area contributed by atoms with E-state index in [0.29, 0.717) is 0 Å². The number of rotatable bonds is 12. The van der Waals surface area contributed by atoms with E-state index in [-0.39, 0.29) is 0 Å². The quantitative estimate of drug-likeness (QED) is 0.0845. The highest BCUT2D eigenvalue weighted by atomic mass is 14.2. The first kappa shape index (κ1) is 58.5. The van der Waals surface area contributed by atoms with E-state index in [0.717, 1.165) is 6.42 Å². The van der Waals surface area contributed by atoms with E-state index in [1.807, 2.05) is 0 Å². The van der Waals surface area contributed by atoms with Gasteiger partial charge in [0, 0.05) is 0 Å². The fraction of sp³-hybridized carbons (Fsp3) is 0.0652. The van der Waals surface area contributed by atoms with Gasteiger partial charge in [0.2, 0.25) is 0 Å². The van der Waals surface area contributed by atoms with Gasteiger partial charge in [-0.05, 0) is 194 Å². The summed E-state index contributed by atoms with van der Waals surface area (Å²) in [6.07, 6.45) is 18.9. The van der Waals surface area contributed by atoms with Crippen molar-refractivity contribution >= 4 is 113 Å². The first-order chi connectivity index (χ1) is 45.2. The van der Waals surface area contributed by atoms with Gasteiger partial charge in [0.1, 0.15) is 0 Å². The summed E-state index contributed by atoms with van der Waals surface area (Å²) >= 11 is 0. The van der Waals surface area contributed by atoms with Crippen molar-refractivity contribution in [2.24, 2.45) is 0 Å². The maximum absolute atomic E-state index is 2.44. The van der Waals surface area contributed by atoms with Gasteiger partial charge in [0.05, 0.1) is 0 Å². The minimum absolute atomic E-state index is 0.967. The van der Waals surface area contributed by atoms with E-state index in [4.69, 9.17) is 0 Å². The Hall–Kier alpha value is -11.2. The minimum Gasteiger partial charge on any atom is -0.0616 e. The molecule has 15 aromatic rings. The number of aryl methyl sites for hydroxylation is 5. The molecule has 0 nitrogen and oxygen atoms in total. The van der Waals surface area contributed by atoms with Gasteiger partial charge in [-0.25, -0.2) is 0 Å². The summed E-state index contributed by atoms with van der Waals surface area (Å²) in [6.45, 7) is 10.8. The molecule has 0 N–H and O–H groups in total. The van der Waals surface area contributed by atoms with Crippen LogP contribution in [-0.2, 0) is 6.42 Å². The van der Waals surface area contributed by atoms with Gasteiger partial charge in [-0.2, -0.15) is 0 Å². The normalized spacial score (nSPS) is 11.8. The zero-order valence-electron chi connectivity index (χ0n) is 53.0. The van der Waals surface area contributed by atoms with Crippen LogP contribution >= 0.6 is 0 Å². The van der Waals surface area contributed by atoms with Crippen LogP contribution in [0.2, 0.25) is 0 Å². The predicted octanol–water partition coefficient (Wildman–Crippen LogP) is 25.8. The molecule has 15 aromatic carbocycles. The lowest BCUT2D eigenvalue weighted by molar-refractivity contribution is 1.15. The molecule has 92 heavy (non-hydrogen) atoms. The average Bonchev–Trinajstić information content (AvgIpc) is 0.746. The lowest BCUT2D eigenvalue weighted by Gasteiger charge is -2.21. The van der Waals surface area contributed by atoms with E-state index < -0.39 is 0 Å². The zero-order valence-corrected chi connectivity index (χ0v) is 53.0. The summed E-state index contributed by atoms with van der Waals surface area (Å²) in [6, 6.07) is 104. The van der Waals surface area contributed by atoms with E-state index in [2.05, 4.69) is 368 Å². The molecule has 0 heterocycles. The van der Waals surface area contributed by atoms with E-state index in [1.54, 1.807) is 0 Å². The summed E-state index contributed by atoms with van der Waals surface area (Å²) in [4.78, 5) is 0. The number of benzene rings is 15. The molecule has 0 aromatic heterocycles. The van der Waals surface area contributed by atoms with Crippen molar-refractivity contribution in [2.75, 3.05) is 0 Å². The largest absolute Gasteiger partial charge is 0.0616 e. The van der Waals surface area contributed by atoms with Crippen molar-refractivity contribution in [1.82, 2.24) is 0 Å². The molecule has 440 valence electrons. The highest BCUT2D eigenvalue weighted by Crippen LogP contribution is 2.48. The molecule has 0 amide bonds. The van der Waals surface area contributed by atoms with Crippen LogP contribution in [-0.4, -0.2) is 0 Å². The molecule has 0 aliphatic heterocycles. The van der Waals surface area contributed by atoms with Crippen LogP contribution in [0.5, 0.6) is 0 Å². The first-order valence-corrected chi connectivity index (χ1v) is 32.3. The molecule has 0 aliphatic carbocycles. The van der Waals surface area contributed by atoms with Gasteiger partial charge in [-0.15, -0.1) is 0 Å². The molecule has 15 rings (SSSR count). The molecule has 0 saturated carbocycles. The lowest BCUT2D eigenvalue weighted by atomic mass is 9.82. The van der Waals surface area contributed by atoms with Crippen LogP contribution in [0.15, 0.2) is 285 Å². The van der Waals surface area contributed by atoms with Gasteiger partial charge in [0.25, 0.3) is 0 Å². The maximum Gasteiger partial charge on any atom is -0.00197 e. The molecular formula is C92H72. The minimum atomic E-state index is 0.967. The van der Waals surface area contributed by atoms with Crippen LogP contribution in [0.3, 0.4) is 0 Å². The van der Waals surface area contributed by atoms with E-state index >= 15 is 0 Å². The molecule has 0 fully saturated rings. The number of hydrogen-bond donors (Lipinski definition) is 0. The van der Waals surface area contributed by atoms with Crippen molar-refractivity contribution in [3.63, 3.8) is 0 Å².